The number of piperidine rings is 1. The predicted molar refractivity (Wildman–Crippen MR) is 107 cm³/mol. The van der Waals surface area contributed by atoms with E-state index in [0.717, 1.165) is 23.8 Å². The van der Waals surface area contributed by atoms with Crippen molar-refractivity contribution >= 4 is 11.9 Å². The first-order chi connectivity index (χ1) is 15.7. The average Bonchev–Trinajstić information content (AvgIpc) is 2.77. The van der Waals surface area contributed by atoms with E-state index >= 15 is 0 Å². The van der Waals surface area contributed by atoms with Crippen LogP contribution in [0.5, 0.6) is 5.75 Å². The molecule has 6 nitrogen and oxygen atoms in total. The van der Waals surface area contributed by atoms with Gasteiger partial charge >= 0.3 is 12.5 Å². The molecule has 0 radical (unpaired) electrons. The first-order valence-electron chi connectivity index (χ1n) is 10.4. The van der Waals surface area contributed by atoms with Gasteiger partial charge in [-0.3, -0.25) is 9.69 Å². The van der Waals surface area contributed by atoms with E-state index in [1.807, 2.05) is 30.3 Å². The lowest BCUT2D eigenvalue weighted by Gasteiger charge is -2.47. The van der Waals surface area contributed by atoms with Gasteiger partial charge in [0.2, 0.25) is 0 Å². The lowest BCUT2D eigenvalue weighted by Crippen LogP contribution is -2.60. The smallest absolute Gasteiger partial charge is 0.445 e. The third-order valence-corrected chi connectivity index (χ3v) is 5.74. The van der Waals surface area contributed by atoms with Crippen LogP contribution in [-0.2, 0) is 16.1 Å². The van der Waals surface area contributed by atoms with E-state index < -0.39 is 53.4 Å². The summed E-state index contributed by atoms with van der Waals surface area (Å²) in [6.07, 6.45) is -5.13. The highest BCUT2D eigenvalue weighted by atomic mass is 19.4. The number of rotatable bonds is 5. The van der Waals surface area contributed by atoms with Crippen molar-refractivity contribution in [3.63, 3.8) is 0 Å². The van der Waals surface area contributed by atoms with Gasteiger partial charge in [-0.1, -0.05) is 30.3 Å². The van der Waals surface area contributed by atoms with Gasteiger partial charge in [-0.25, -0.2) is 9.18 Å². The number of fused-ring (bicyclic) bond motifs is 2. The predicted octanol–water partition coefficient (Wildman–Crippen LogP) is 4.72. The highest BCUT2D eigenvalue weighted by molar-refractivity contribution is 5.98. The summed E-state index contributed by atoms with van der Waals surface area (Å²) in [5, 5.41) is 0. The molecule has 2 fully saturated rings. The van der Waals surface area contributed by atoms with Gasteiger partial charge in [-0.05, 0) is 36.6 Å². The Hall–Kier alpha value is -3.14. The van der Waals surface area contributed by atoms with Gasteiger partial charge in [0.05, 0.1) is 30.9 Å². The first kappa shape index (κ1) is 23.0. The number of nitrogens with zero attached hydrogens (tertiary/aromatic N) is 1. The largest absolute Gasteiger partial charge is 0.573 e. The summed E-state index contributed by atoms with van der Waals surface area (Å²) in [6.45, 7) is 0.455. The van der Waals surface area contributed by atoms with Gasteiger partial charge in [0, 0.05) is 5.92 Å². The molecule has 2 heterocycles. The molecule has 2 aromatic carbocycles. The minimum Gasteiger partial charge on any atom is -0.445 e. The molecule has 2 atom stereocenters. The summed E-state index contributed by atoms with van der Waals surface area (Å²) in [7, 11) is 0. The summed E-state index contributed by atoms with van der Waals surface area (Å²) >= 11 is 0. The van der Waals surface area contributed by atoms with Crippen molar-refractivity contribution in [2.24, 2.45) is 5.92 Å². The fourth-order valence-electron chi connectivity index (χ4n) is 4.33. The Balaban J connectivity index is 1.45. The summed E-state index contributed by atoms with van der Waals surface area (Å²) in [4.78, 5) is 27.3. The lowest BCUT2D eigenvalue weighted by molar-refractivity contribution is -0.274. The van der Waals surface area contributed by atoms with Crippen LogP contribution in [0.2, 0.25) is 0 Å². The van der Waals surface area contributed by atoms with Crippen molar-refractivity contribution in [2.45, 2.75) is 37.9 Å². The standard InChI is InChI=1S/C23H21F4NO5/c24-20-7-6-18(33-23(25,26)27)10-19(20)21(29)15-8-16-12-31-13-17(9-15)28(16)22(30)32-11-14-4-2-1-3-5-14/h1-7,10,15-17H,8-9,11-13H2. The van der Waals surface area contributed by atoms with Gasteiger partial charge < -0.3 is 14.2 Å². The van der Waals surface area contributed by atoms with Crippen molar-refractivity contribution in [1.82, 2.24) is 4.90 Å². The number of ether oxygens (including phenoxy) is 3. The van der Waals surface area contributed by atoms with E-state index in [1.165, 1.54) is 0 Å². The summed E-state index contributed by atoms with van der Waals surface area (Å²) in [6, 6.07) is 10.6. The van der Waals surface area contributed by atoms with Crippen LogP contribution >= 0.6 is 0 Å². The molecule has 10 heteroatoms. The van der Waals surface area contributed by atoms with Crippen LogP contribution in [0, 0.1) is 11.7 Å². The summed E-state index contributed by atoms with van der Waals surface area (Å²) in [5.74, 6) is -2.91. The average molecular weight is 467 g/mol. The number of ketones is 1. The molecule has 176 valence electrons. The number of Topliss-reactive ketones (excluding diaryl/α,β-unsaturated/α-hetero) is 1. The minimum absolute atomic E-state index is 0.0933. The summed E-state index contributed by atoms with van der Waals surface area (Å²) < 4.78 is 66.6. The number of alkyl halides is 3. The molecule has 33 heavy (non-hydrogen) atoms. The van der Waals surface area contributed by atoms with Gasteiger partial charge in [-0.2, -0.15) is 0 Å². The molecule has 1 amide bonds. The van der Waals surface area contributed by atoms with E-state index in [2.05, 4.69) is 4.74 Å². The molecule has 0 aliphatic carbocycles. The molecule has 2 saturated heterocycles. The molecule has 0 N–H and O–H groups in total. The quantitative estimate of drug-likeness (QED) is 0.470. The molecule has 2 bridgehead atoms. The Kier molecular flexibility index (Phi) is 6.55. The van der Waals surface area contributed by atoms with E-state index in [4.69, 9.17) is 9.47 Å². The maximum atomic E-state index is 14.3. The van der Waals surface area contributed by atoms with Crippen molar-refractivity contribution in [1.29, 1.82) is 0 Å². The molecule has 0 spiro atoms. The van der Waals surface area contributed by atoms with Crippen LogP contribution in [0.4, 0.5) is 22.4 Å². The molecule has 2 aromatic rings. The van der Waals surface area contributed by atoms with Crippen LogP contribution in [0.1, 0.15) is 28.8 Å². The minimum atomic E-state index is -4.96. The number of carbonyl (C=O) groups excluding carboxylic acids is 2. The SMILES string of the molecule is O=C(c1cc(OC(F)(F)F)ccc1F)C1CC2COCC(C1)N2C(=O)OCc1ccccc1. The van der Waals surface area contributed by atoms with E-state index in [9.17, 15) is 27.2 Å². The number of carbonyl (C=O) groups is 2. The molecular formula is C23H21F4NO5. The highest BCUT2D eigenvalue weighted by Crippen LogP contribution is 2.35. The molecular weight excluding hydrogens is 446 g/mol. The fraction of sp³-hybridized carbons (Fsp3) is 0.391. The second-order valence-corrected chi connectivity index (χ2v) is 8.01. The van der Waals surface area contributed by atoms with Crippen molar-refractivity contribution in [2.75, 3.05) is 13.2 Å². The number of morpholine rings is 1. The fourth-order valence-corrected chi connectivity index (χ4v) is 4.33. The molecule has 2 aliphatic heterocycles. The second-order valence-electron chi connectivity index (χ2n) is 8.01. The maximum Gasteiger partial charge on any atom is 0.573 e. The topological polar surface area (TPSA) is 65.1 Å². The summed E-state index contributed by atoms with van der Waals surface area (Å²) in [5.41, 5.74) is 0.356. The third-order valence-electron chi connectivity index (χ3n) is 5.74. The van der Waals surface area contributed by atoms with E-state index in [-0.39, 0.29) is 32.7 Å². The zero-order valence-corrected chi connectivity index (χ0v) is 17.4. The molecule has 2 aliphatic rings. The first-order valence-corrected chi connectivity index (χ1v) is 10.4. The Bertz CT molecular complexity index is 1000. The Morgan fingerprint density at radius 2 is 1.70 bits per heavy atom. The van der Waals surface area contributed by atoms with Crippen LogP contribution in [0.25, 0.3) is 0 Å². The van der Waals surface area contributed by atoms with Crippen LogP contribution < -0.4 is 4.74 Å². The van der Waals surface area contributed by atoms with E-state index in [1.54, 1.807) is 4.90 Å². The van der Waals surface area contributed by atoms with Gasteiger partial charge in [0.1, 0.15) is 18.2 Å². The monoisotopic (exact) mass is 467 g/mol. The zero-order chi connectivity index (χ0) is 23.6. The highest BCUT2D eigenvalue weighted by Gasteiger charge is 2.45. The number of amides is 1. The van der Waals surface area contributed by atoms with Crippen LogP contribution in [-0.4, -0.2) is 48.4 Å². The molecule has 2 unspecified atom stereocenters. The Labute approximate surface area is 187 Å². The van der Waals surface area contributed by atoms with Gasteiger partial charge in [0.15, 0.2) is 5.78 Å². The van der Waals surface area contributed by atoms with Crippen molar-refractivity contribution in [3.05, 3.63) is 65.5 Å². The number of halogens is 4. The lowest BCUT2D eigenvalue weighted by atomic mass is 9.80. The third kappa shape index (κ3) is 5.44. The Morgan fingerprint density at radius 1 is 1.03 bits per heavy atom. The van der Waals surface area contributed by atoms with Crippen LogP contribution in [0.3, 0.4) is 0 Å². The van der Waals surface area contributed by atoms with Crippen LogP contribution in [0.15, 0.2) is 48.5 Å². The molecule has 0 saturated carbocycles. The zero-order valence-electron chi connectivity index (χ0n) is 17.4. The van der Waals surface area contributed by atoms with Gasteiger partial charge in [-0.15, -0.1) is 13.2 Å². The van der Waals surface area contributed by atoms with Crippen molar-refractivity contribution < 1.29 is 41.4 Å². The number of hydrogen-bond donors (Lipinski definition) is 0. The number of hydrogen-bond acceptors (Lipinski definition) is 5. The van der Waals surface area contributed by atoms with Gasteiger partial charge in [0.25, 0.3) is 0 Å². The van der Waals surface area contributed by atoms with Crippen molar-refractivity contribution in [3.8, 4) is 5.75 Å². The normalized spacial score (nSPS) is 22.5. The second kappa shape index (κ2) is 9.38. The number of benzene rings is 2. The Morgan fingerprint density at radius 3 is 2.33 bits per heavy atom. The maximum absolute atomic E-state index is 14.3. The molecule has 4 rings (SSSR count). The molecule has 0 aromatic heterocycles. The van der Waals surface area contributed by atoms with E-state index in [0.29, 0.717) is 0 Å².